The molecule has 210 valence electrons. The number of rotatable bonds is 10. The zero-order chi connectivity index (χ0) is 27.7. The molecule has 0 bridgehead atoms. The van der Waals surface area contributed by atoms with Crippen LogP contribution in [0.2, 0.25) is 5.02 Å². The Kier molecular flexibility index (Phi) is 7.76. The summed E-state index contributed by atoms with van der Waals surface area (Å²) in [6.07, 6.45) is 12.4. The number of thiazole rings is 1. The van der Waals surface area contributed by atoms with Gasteiger partial charge in [0.2, 0.25) is 10.0 Å². The van der Waals surface area contributed by atoms with E-state index in [1.807, 2.05) is 6.07 Å². The molecule has 0 spiro atoms. The van der Waals surface area contributed by atoms with Crippen LogP contribution >= 0.6 is 22.9 Å². The van der Waals surface area contributed by atoms with Crippen LogP contribution in [0.1, 0.15) is 60.1 Å². The van der Waals surface area contributed by atoms with Crippen molar-refractivity contribution < 1.29 is 13.2 Å². The molecule has 10 nitrogen and oxygen atoms in total. The van der Waals surface area contributed by atoms with E-state index in [0.717, 1.165) is 35.6 Å². The molecule has 1 atom stereocenters. The largest absolute Gasteiger partial charge is 0.342 e. The van der Waals surface area contributed by atoms with Gasteiger partial charge in [-0.05, 0) is 69.5 Å². The van der Waals surface area contributed by atoms with E-state index in [-0.39, 0.29) is 11.2 Å². The van der Waals surface area contributed by atoms with Crippen molar-refractivity contribution in [3.63, 3.8) is 0 Å². The number of amides is 1. The van der Waals surface area contributed by atoms with Crippen LogP contribution in [0.15, 0.2) is 49.1 Å². The first-order valence-electron chi connectivity index (χ1n) is 13.5. The van der Waals surface area contributed by atoms with Gasteiger partial charge in [-0.15, -0.1) is 11.3 Å². The van der Waals surface area contributed by atoms with Gasteiger partial charge in [-0.1, -0.05) is 18.0 Å². The van der Waals surface area contributed by atoms with E-state index in [9.17, 15) is 13.2 Å². The number of fused-ring (bicyclic) bond motifs is 1. The summed E-state index contributed by atoms with van der Waals surface area (Å²) >= 11 is 7.47. The van der Waals surface area contributed by atoms with Crippen molar-refractivity contribution in [3.05, 3.63) is 64.8 Å². The van der Waals surface area contributed by atoms with Gasteiger partial charge in [-0.3, -0.25) is 14.5 Å². The van der Waals surface area contributed by atoms with Gasteiger partial charge in [0.05, 0.1) is 39.3 Å². The minimum atomic E-state index is -3.41. The van der Waals surface area contributed by atoms with Gasteiger partial charge in [-0.2, -0.15) is 5.10 Å². The third-order valence-electron chi connectivity index (χ3n) is 7.30. The summed E-state index contributed by atoms with van der Waals surface area (Å²) in [7, 11) is -3.41. The van der Waals surface area contributed by atoms with Gasteiger partial charge < -0.3 is 10.2 Å². The highest BCUT2D eigenvalue weighted by molar-refractivity contribution is 7.93. The summed E-state index contributed by atoms with van der Waals surface area (Å²) < 4.78 is 29.4. The zero-order valence-electron chi connectivity index (χ0n) is 21.8. The van der Waals surface area contributed by atoms with Crippen LogP contribution in [-0.2, 0) is 10.0 Å². The van der Waals surface area contributed by atoms with Crippen LogP contribution in [0, 0.1) is 0 Å². The first-order chi connectivity index (χ1) is 19.4. The van der Waals surface area contributed by atoms with Crippen molar-refractivity contribution in [3.8, 4) is 10.4 Å². The number of anilines is 1. The molecule has 1 amide bonds. The topological polar surface area (TPSA) is 122 Å². The molecular formula is C27H30ClN7O3S2. The Hall–Kier alpha value is -3.06. The Bertz CT molecular complexity index is 1630. The highest BCUT2D eigenvalue weighted by Crippen LogP contribution is 2.32. The molecular weight excluding hydrogens is 570 g/mol. The fourth-order valence-corrected chi connectivity index (χ4v) is 7.36. The second kappa shape index (κ2) is 11.4. The number of aromatic nitrogens is 4. The number of hydrogen-bond donors (Lipinski definition) is 2. The van der Waals surface area contributed by atoms with Crippen molar-refractivity contribution in [2.24, 2.45) is 0 Å². The molecule has 0 unspecified atom stereocenters. The predicted molar refractivity (Wildman–Crippen MR) is 156 cm³/mol. The summed E-state index contributed by atoms with van der Waals surface area (Å²) in [6, 6.07) is 6.54. The maximum atomic E-state index is 13.4. The smallest absolute Gasteiger partial charge is 0.280 e. The molecule has 0 aromatic carbocycles. The summed E-state index contributed by atoms with van der Waals surface area (Å²) in [4.78, 5) is 25.6. The number of nitrogens with zero attached hydrogens (tertiary/aromatic N) is 5. The number of sulfonamides is 1. The van der Waals surface area contributed by atoms with Crippen LogP contribution in [0.4, 0.5) is 5.69 Å². The minimum absolute atomic E-state index is 0.305. The SMILES string of the molecule is O=C(N[C@@H](CCN1CCCCC1)c1cc(NS(=O)(=O)C2CC2)ccn1)c1ncc(-c2cnn3ccc(Cl)cc23)s1. The van der Waals surface area contributed by atoms with E-state index in [4.69, 9.17) is 11.6 Å². The Labute approximate surface area is 241 Å². The normalized spacial score (nSPS) is 17.1. The molecule has 4 aromatic heterocycles. The molecule has 4 aromatic rings. The standard InChI is InChI=1S/C27H30ClN7O3S2/c28-18-7-13-35-24(14-18)21(16-31-35)25-17-30-27(39-25)26(36)32-22(8-12-34-10-2-1-3-11-34)23-15-19(6-9-29-23)33-40(37,38)20-4-5-20/h6-7,9,13-17,20,22H,1-5,8,10-12H2,(H,29,33)(H,32,36)/t22-/m0/s1. The quantitative estimate of drug-likeness (QED) is 0.270. The van der Waals surface area contributed by atoms with Gasteiger partial charge in [0, 0.05) is 35.7 Å². The van der Waals surface area contributed by atoms with E-state index >= 15 is 0 Å². The summed E-state index contributed by atoms with van der Waals surface area (Å²) in [6.45, 7) is 2.88. The van der Waals surface area contributed by atoms with Crippen molar-refractivity contribution in [1.29, 1.82) is 0 Å². The number of likely N-dealkylation sites (tertiary alicyclic amines) is 1. The predicted octanol–water partition coefficient (Wildman–Crippen LogP) is 4.76. The van der Waals surface area contributed by atoms with Crippen LogP contribution in [-0.4, -0.2) is 63.7 Å². The van der Waals surface area contributed by atoms with Crippen LogP contribution < -0.4 is 10.0 Å². The molecule has 1 aliphatic carbocycles. The average Bonchev–Trinajstić information content (AvgIpc) is 3.58. The summed E-state index contributed by atoms with van der Waals surface area (Å²) in [5.41, 5.74) is 2.74. The van der Waals surface area contributed by atoms with Crippen LogP contribution in [0.5, 0.6) is 0 Å². The zero-order valence-corrected chi connectivity index (χ0v) is 24.2. The highest BCUT2D eigenvalue weighted by atomic mass is 35.5. The van der Waals surface area contributed by atoms with Crippen LogP contribution in [0.3, 0.4) is 0 Å². The highest BCUT2D eigenvalue weighted by Gasteiger charge is 2.36. The number of pyridine rings is 2. The second-order valence-corrected chi connectivity index (χ2v) is 13.7. The van der Waals surface area contributed by atoms with Gasteiger partial charge >= 0.3 is 0 Å². The van der Waals surface area contributed by atoms with Crippen molar-refractivity contribution in [1.82, 2.24) is 29.8 Å². The van der Waals surface area contributed by atoms with Gasteiger partial charge in [0.25, 0.3) is 5.91 Å². The number of carbonyl (C=O) groups is 1. The van der Waals surface area contributed by atoms with Gasteiger partial charge in [0.15, 0.2) is 5.01 Å². The number of halogens is 1. The first kappa shape index (κ1) is 27.1. The molecule has 2 fully saturated rings. The number of hydrogen-bond acceptors (Lipinski definition) is 8. The Morgan fingerprint density at radius 1 is 1.12 bits per heavy atom. The fourth-order valence-electron chi connectivity index (χ4n) is 4.99. The molecule has 2 aliphatic rings. The number of nitrogens with one attached hydrogen (secondary N) is 2. The molecule has 1 saturated carbocycles. The van der Waals surface area contributed by atoms with E-state index in [1.165, 1.54) is 30.6 Å². The average molecular weight is 600 g/mol. The lowest BCUT2D eigenvalue weighted by Crippen LogP contribution is -2.35. The summed E-state index contributed by atoms with van der Waals surface area (Å²) in [5, 5.41) is 8.08. The van der Waals surface area contributed by atoms with Gasteiger partial charge in [-0.25, -0.2) is 17.9 Å². The maximum absolute atomic E-state index is 13.4. The third kappa shape index (κ3) is 6.14. The second-order valence-electron chi connectivity index (χ2n) is 10.3. The fraction of sp³-hybridized carbons (Fsp3) is 0.407. The van der Waals surface area contributed by atoms with E-state index < -0.39 is 16.1 Å². The number of carbonyl (C=O) groups excluding carboxylic acids is 1. The molecule has 6 rings (SSSR count). The molecule has 5 heterocycles. The van der Waals surface area contributed by atoms with Crippen molar-refractivity contribution in [2.45, 2.75) is 49.8 Å². The Morgan fingerprint density at radius 2 is 1.95 bits per heavy atom. The van der Waals surface area contributed by atoms with Crippen LogP contribution in [0.25, 0.3) is 16.0 Å². The molecule has 13 heteroatoms. The third-order valence-corrected chi connectivity index (χ3v) is 10.4. The Balaban J connectivity index is 1.22. The monoisotopic (exact) mass is 599 g/mol. The molecule has 40 heavy (non-hydrogen) atoms. The lowest BCUT2D eigenvalue weighted by atomic mass is 10.1. The van der Waals surface area contributed by atoms with Crippen molar-refractivity contribution in [2.75, 3.05) is 24.4 Å². The molecule has 1 saturated heterocycles. The maximum Gasteiger partial charge on any atom is 0.280 e. The Morgan fingerprint density at radius 3 is 2.75 bits per heavy atom. The van der Waals surface area contributed by atoms with E-state index in [0.29, 0.717) is 40.7 Å². The molecule has 2 N–H and O–H groups in total. The molecule has 0 radical (unpaired) electrons. The first-order valence-corrected chi connectivity index (χ1v) is 16.2. The summed E-state index contributed by atoms with van der Waals surface area (Å²) in [5.74, 6) is -0.305. The van der Waals surface area contributed by atoms with E-state index in [2.05, 4.69) is 30.0 Å². The lowest BCUT2D eigenvalue weighted by Gasteiger charge is -2.28. The van der Waals surface area contributed by atoms with E-state index in [1.54, 1.807) is 47.5 Å². The molecule has 1 aliphatic heterocycles. The van der Waals surface area contributed by atoms with Gasteiger partial charge in [0.1, 0.15) is 0 Å². The number of piperidine rings is 1. The lowest BCUT2D eigenvalue weighted by molar-refractivity contribution is 0.0928. The van der Waals surface area contributed by atoms with Crippen molar-refractivity contribution >= 4 is 50.1 Å². The minimum Gasteiger partial charge on any atom is -0.342 e.